The van der Waals surface area contributed by atoms with Crippen molar-refractivity contribution in [3.63, 3.8) is 0 Å². The zero-order valence-electron chi connectivity index (χ0n) is 16.5. The van der Waals surface area contributed by atoms with E-state index in [0.717, 1.165) is 5.41 Å². The molecule has 1 aliphatic heterocycles. The van der Waals surface area contributed by atoms with Crippen LogP contribution in [-0.4, -0.2) is 58.0 Å². The molecule has 0 aliphatic carbocycles. The third-order valence-electron chi connectivity index (χ3n) is 5.06. The second-order valence-electron chi connectivity index (χ2n) is 7.24. The summed E-state index contributed by atoms with van der Waals surface area (Å²) >= 11 is 5.90. The highest BCUT2D eigenvalue weighted by molar-refractivity contribution is 7.92. The van der Waals surface area contributed by atoms with E-state index in [0.29, 0.717) is 33.1 Å². The van der Waals surface area contributed by atoms with Gasteiger partial charge in [-0.15, -0.1) is 0 Å². The summed E-state index contributed by atoms with van der Waals surface area (Å²) in [7, 11) is -3.90. The van der Waals surface area contributed by atoms with Gasteiger partial charge in [0.05, 0.1) is 12.0 Å². The van der Waals surface area contributed by atoms with E-state index in [1.165, 1.54) is 29.2 Å². The fourth-order valence-corrected chi connectivity index (χ4v) is 4.37. The molecular weight excluding hydrogens is 460 g/mol. The van der Waals surface area contributed by atoms with Gasteiger partial charge in [0.15, 0.2) is 11.9 Å². The standard InChI is InChI=1S/C19H21ClN6O5S/c20-11-1-2-12(21)10(7-11)4-6-32(29,30)25-8-14-16(27)17(28)19(31-14)26-9-24-15-13(22)3-5-23-18(15)26/h1-7,9,14,16-17,19,25,27-28H,8,21H2,(H2,22,23)/b6-4+/t14-,16-,17-,19-/m1/s1. The van der Waals surface area contributed by atoms with E-state index in [9.17, 15) is 18.6 Å². The first-order valence-electron chi connectivity index (χ1n) is 9.47. The zero-order chi connectivity index (χ0) is 23.0. The number of aromatic nitrogens is 3. The van der Waals surface area contributed by atoms with Crippen LogP contribution < -0.4 is 16.2 Å². The number of aliphatic hydroxyl groups is 2. The van der Waals surface area contributed by atoms with Crippen LogP contribution in [0.3, 0.4) is 0 Å². The molecular formula is C19H21ClN6O5S. The van der Waals surface area contributed by atoms with Crippen LogP contribution in [-0.2, 0) is 14.8 Å². The molecule has 3 aromatic rings. The molecule has 32 heavy (non-hydrogen) atoms. The Morgan fingerprint density at radius 2 is 1.97 bits per heavy atom. The van der Waals surface area contributed by atoms with Crippen LogP contribution in [0.25, 0.3) is 17.2 Å². The summed E-state index contributed by atoms with van der Waals surface area (Å²) in [6.45, 7) is -0.283. The smallest absolute Gasteiger partial charge is 0.233 e. The fourth-order valence-electron chi connectivity index (χ4n) is 3.37. The molecule has 0 bridgehead atoms. The van der Waals surface area contributed by atoms with Gasteiger partial charge in [-0.25, -0.2) is 23.1 Å². The highest BCUT2D eigenvalue weighted by Crippen LogP contribution is 2.32. The number of fused-ring (bicyclic) bond motifs is 1. The van der Waals surface area contributed by atoms with E-state index in [-0.39, 0.29) is 6.54 Å². The maximum Gasteiger partial charge on any atom is 0.233 e. The lowest BCUT2D eigenvalue weighted by Crippen LogP contribution is -2.39. The quantitative estimate of drug-likeness (QED) is 0.313. The van der Waals surface area contributed by atoms with Gasteiger partial charge in [-0.3, -0.25) is 4.57 Å². The first kappa shape index (κ1) is 22.5. The van der Waals surface area contributed by atoms with Crippen molar-refractivity contribution in [1.82, 2.24) is 19.3 Å². The minimum Gasteiger partial charge on any atom is -0.398 e. The van der Waals surface area contributed by atoms with Crippen molar-refractivity contribution in [2.75, 3.05) is 18.0 Å². The number of ether oxygens (including phenoxy) is 1. The maximum atomic E-state index is 12.4. The number of nitrogens with one attached hydrogen (secondary N) is 1. The molecule has 1 saturated heterocycles. The summed E-state index contributed by atoms with van der Waals surface area (Å²) < 4.78 is 34.2. The predicted octanol–water partition coefficient (Wildman–Crippen LogP) is 0.459. The molecule has 1 fully saturated rings. The van der Waals surface area contributed by atoms with Gasteiger partial charge in [0.2, 0.25) is 10.0 Å². The van der Waals surface area contributed by atoms with Gasteiger partial charge < -0.3 is 26.4 Å². The molecule has 4 rings (SSSR count). The molecule has 170 valence electrons. The summed E-state index contributed by atoms with van der Waals surface area (Å²) in [6.07, 6.45) is -0.563. The number of halogens is 1. The van der Waals surface area contributed by atoms with Crippen LogP contribution in [0.2, 0.25) is 5.02 Å². The lowest BCUT2D eigenvalue weighted by atomic mass is 10.1. The summed E-state index contributed by atoms with van der Waals surface area (Å²) in [4.78, 5) is 8.35. The zero-order valence-corrected chi connectivity index (χ0v) is 18.1. The summed E-state index contributed by atoms with van der Waals surface area (Å²) in [6, 6.07) is 6.27. The van der Waals surface area contributed by atoms with Gasteiger partial charge in [0.1, 0.15) is 23.8 Å². The molecule has 0 saturated carbocycles. The fraction of sp³-hybridized carbons (Fsp3) is 0.263. The minimum absolute atomic E-state index is 0.283. The van der Waals surface area contributed by atoms with Gasteiger partial charge in [-0.05, 0) is 35.9 Å². The highest BCUT2D eigenvalue weighted by atomic mass is 35.5. The number of benzene rings is 1. The Morgan fingerprint density at radius 3 is 2.75 bits per heavy atom. The summed E-state index contributed by atoms with van der Waals surface area (Å²) in [5.74, 6) is 0. The van der Waals surface area contributed by atoms with Gasteiger partial charge in [0, 0.05) is 28.9 Å². The number of nitrogens with zero attached hydrogens (tertiary/aromatic N) is 3. The number of hydrogen-bond acceptors (Lipinski definition) is 9. The Bertz CT molecular complexity index is 1280. The van der Waals surface area contributed by atoms with E-state index in [4.69, 9.17) is 27.8 Å². The first-order valence-corrected chi connectivity index (χ1v) is 11.4. The van der Waals surface area contributed by atoms with Crippen molar-refractivity contribution < 1.29 is 23.4 Å². The van der Waals surface area contributed by atoms with Crippen molar-refractivity contribution in [3.05, 3.63) is 52.8 Å². The average molecular weight is 481 g/mol. The van der Waals surface area contributed by atoms with Crippen LogP contribution in [0, 0.1) is 0 Å². The number of sulfonamides is 1. The van der Waals surface area contributed by atoms with Crippen molar-refractivity contribution in [1.29, 1.82) is 0 Å². The van der Waals surface area contributed by atoms with Crippen molar-refractivity contribution in [2.45, 2.75) is 24.5 Å². The molecule has 3 heterocycles. The first-order chi connectivity index (χ1) is 15.2. The molecule has 1 aliphatic rings. The average Bonchev–Trinajstić information content (AvgIpc) is 3.30. The molecule has 1 aromatic carbocycles. The number of anilines is 2. The second kappa shape index (κ2) is 8.65. The lowest BCUT2D eigenvalue weighted by Gasteiger charge is -2.16. The Balaban J connectivity index is 1.46. The number of imidazole rings is 1. The number of rotatable bonds is 6. The number of nitrogen functional groups attached to an aromatic ring is 2. The molecule has 13 heteroatoms. The van der Waals surface area contributed by atoms with E-state index in [1.54, 1.807) is 18.2 Å². The molecule has 11 nitrogen and oxygen atoms in total. The van der Waals surface area contributed by atoms with Crippen LogP contribution >= 0.6 is 11.6 Å². The van der Waals surface area contributed by atoms with Crippen LogP contribution in [0.15, 0.2) is 42.2 Å². The minimum atomic E-state index is -3.90. The van der Waals surface area contributed by atoms with Crippen molar-refractivity contribution >= 4 is 50.2 Å². The Morgan fingerprint density at radius 1 is 1.19 bits per heavy atom. The number of nitrogens with two attached hydrogens (primary N) is 2. The van der Waals surface area contributed by atoms with E-state index in [1.807, 2.05) is 0 Å². The monoisotopic (exact) mass is 480 g/mol. The topological polar surface area (TPSA) is 179 Å². The molecule has 4 atom stereocenters. The summed E-state index contributed by atoms with van der Waals surface area (Å²) in [5, 5.41) is 22.2. The highest BCUT2D eigenvalue weighted by Gasteiger charge is 2.44. The number of pyridine rings is 1. The van der Waals surface area contributed by atoms with Crippen molar-refractivity contribution in [2.24, 2.45) is 0 Å². The molecule has 0 unspecified atom stereocenters. The third kappa shape index (κ3) is 4.41. The number of hydrogen-bond donors (Lipinski definition) is 5. The summed E-state index contributed by atoms with van der Waals surface area (Å²) in [5.41, 5.74) is 13.7. The van der Waals surface area contributed by atoms with E-state index < -0.39 is 34.6 Å². The predicted molar refractivity (Wildman–Crippen MR) is 120 cm³/mol. The molecule has 0 amide bonds. The van der Waals surface area contributed by atoms with Gasteiger partial charge >= 0.3 is 0 Å². The van der Waals surface area contributed by atoms with Gasteiger partial charge in [-0.2, -0.15) is 0 Å². The van der Waals surface area contributed by atoms with Gasteiger partial charge in [0.25, 0.3) is 0 Å². The Kier molecular flexibility index (Phi) is 6.07. The SMILES string of the molecule is Nc1ccc(Cl)cc1/C=C/S(=O)(=O)NC[C@H]1O[C@@H](n2cnc3c(N)ccnc32)[C@H](O)[C@@H]1O. The normalized spacial score (nSPS) is 24.0. The Hall–Kier alpha value is -2.74. The molecule has 2 aromatic heterocycles. The third-order valence-corrected chi connectivity index (χ3v) is 6.36. The van der Waals surface area contributed by atoms with E-state index in [2.05, 4.69) is 14.7 Å². The van der Waals surface area contributed by atoms with Crippen LogP contribution in [0.4, 0.5) is 11.4 Å². The molecule has 7 N–H and O–H groups in total. The lowest BCUT2D eigenvalue weighted by molar-refractivity contribution is -0.0329. The van der Waals surface area contributed by atoms with Crippen molar-refractivity contribution in [3.8, 4) is 0 Å². The molecule has 0 spiro atoms. The largest absolute Gasteiger partial charge is 0.398 e. The van der Waals surface area contributed by atoms with Crippen LogP contribution in [0.5, 0.6) is 0 Å². The van der Waals surface area contributed by atoms with E-state index >= 15 is 0 Å². The molecule has 0 radical (unpaired) electrons. The second-order valence-corrected chi connectivity index (χ2v) is 9.33. The maximum absolute atomic E-state index is 12.4. The van der Waals surface area contributed by atoms with Gasteiger partial charge in [-0.1, -0.05) is 11.6 Å². The Labute approximate surface area is 188 Å². The number of aliphatic hydroxyl groups excluding tert-OH is 2. The van der Waals surface area contributed by atoms with Crippen LogP contribution in [0.1, 0.15) is 11.8 Å².